The highest BCUT2D eigenvalue weighted by Crippen LogP contribution is 2.25. The molecule has 164 valence electrons. The zero-order valence-electron chi connectivity index (χ0n) is 18.8. The Morgan fingerprint density at radius 1 is 1.21 bits per heavy atom. The van der Waals surface area contributed by atoms with Crippen LogP contribution >= 0.6 is 0 Å². The van der Waals surface area contributed by atoms with Crippen molar-refractivity contribution < 1.29 is 4.74 Å². The minimum Gasteiger partial charge on any atom is -0.494 e. The number of nitrogens with zero attached hydrogens (tertiary/aromatic N) is 2. The maximum absolute atomic E-state index is 8.92. The monoisotopic (exact) mass is 402 g/mol. The first kappa shape index (κ1) is 23.5. The van der Waals surface area contributed by atoms with Crippen LogP contribution in [0.3, 0.4) is 0 Å². The van der Waals surface area contributed by atoms with E-state index in [-0.39, 0.29) is 0 Å². The normalized spacial score (nSPS) is 16.9. The third-order valence-corrected chi connectivity index (χ3v) is 5.80. The molecule has 0 radical (unpaired) electrons. The molecule has 1 saturated heterocycles. The first-order valence-electron chi connectivity index (χ1n) is 11.6. The molecule has 1 fully saturated rings. The van der Waals surface area contributed by atoms with Crippen LogP contribution < -0.4 is 15.4 Å². The number of guanidine groups is 1. The Morgan fingerprint density at radius 3 is 2.62 bits per heavy atom. The molecule has 5 heteroatoms. The molecule has 0 aromatic heterocycles. The Labute approximate surface area is 178 Å². The average molecular weight is 403 g/mol. The Bertz CT molecular complexity index is 587. The van der Waals surface area contributed by atoms with Crippen LogP contribution in [0.1, 0.15) is 72.1 Å². The van der Waals surface area contributed by atoms with Gasteiger partial charge >= 0.3 is 0 Å². The molecule has 29 heavy (non-hydrogen) atoms. The molecule has 1 aromatic carbocycles. The van der Waals surface area contributed by atoms with Gasteiger partial charge in [-0.1, -0.05) is 27.2 Å². The van der Waals surface area contributed by atoms with Gasteiger partial charge in [-0.15, -0.1) is 0 Å². The van der Waals surface area contributed by atoms with Crippen molar-refractivity contribution in [3.63, 3.8) is 0 Å². The fourth-order valence-electron chi connectivity index (χ4n) is 4.03. The average Bonchev–Trinajstić information content (AvgIpc) is 2.74. The summed E-state index contributed by atoms with van der Waals surface area (Å²) in [4.78, 5) is 4.41. The molecule has 0 amide bonds. The second-order valence-corrected chi connectivity index (χ2v) is 8.60. The molecule has 1 heterocycles. The quantitative estimate of drug-likeness (QED) is 0.301. The Balaban J connectivity index is 1.99. The fraction of sp³-hybridized carbons (Fsp3) is 0.708. The van der Waals surface area contributed by atoms with Gasteiger partial charge in [-0.05, 0) is 81.7 Å². The number of ether oxygens (including phenoxy) is 1. The topological polar surface area (TPSA) is 65.6 Å². The lowest BCUT2D eigenvalue weighted by atomic mass is 10.0. The largest absolute Gasteiger partial charge is 0.494 e. The molecule has 1 aromatic rings. The number of benzene rings is 1. The van der Waals surface area contributed by atoms with Crippen LogP contribution in [0.5, 0.6) is 5.75 Å². The number of nitrogens with two attached hydrogens (primary N) is 1. The lowest BCUT2D eigenvalue weighted by Gasteiger charge is -2.41. The Kier molecular flexibility index (Phi) is 10.3. The molecule has 1 unspecified atom stereocenters. The predicted octanol–water partition coefficient (Wildman–Crippen LogP) is 5.25. The zero-order chi connectivity index (χ0) is 21.1. The highest BCUT2D eigenvalue weighted by molar-refractivity contribution is 5.94. The second kappa shape index (κ2) is 12.7. The van der Waals surface area contributed by atoms with Gasteiger partial charge in [-0.25, -0.2) is 0 Å². The number of hydrogen-bond acceptors (Lipinski definition) is 3. The Hall–Kier alpha value is -1.75. The molecule has 1 atom stereocenters. The van der Waals surface area contributed by atoms with Crippen molar-refractivity contribution in [3.8, 4) is 5.75 Å². The summed E-state index contributed by atoms with van der Waals surface area (Å²) in [5.41, 5.74) is 6.83. The van der Waals surface area contributed by atoms with Crippen molar-refractivity contribution in [1.29, 1.82) is 5.41 Å². The third-order valence-electron chi connectivity index (χ3n) is 5.80. The van der Waals surface area contributed by atoms with E-state index in [4.69, 9.17) is 15.9 Å². The van der Waals surface area contributed by atoms with Crippen molar-refractivity contribution in [1.82, 2.24) is 4.90 Å². The molecule has 3 N–H and O–H groups in total. The number of rotatable bonds is 11. The minimum absolute atomic E-state index is 0.477. The summed E-state index contributed by atoms with van der Waals surface area (Å²) in [6, 6.07) is 8.71. The van der Waals surface area contributed by atoms with Crippen LogP contribution in [0.15, 0.2) is 24.3 Å². The van der Waals surface area contributed by atoms with E-state index in [9.17, 15) is 0 Å². The van der Waals surface area contributed by atoms with Gasteiger partial charge in [0.05, 0.1) is 6.61 Å². The number of unbranched alkanes of at least 4 members (excludes halogenated alkanes) is 1. The van der Waals surface area contributed by atoms with Crippen LogP contribution in [-0.2, 0) is 0 Å². The number of anilines is 1. The third kappa shape index (κ3) is 7.54. The van der Waals surface area contributed by atoms with Crippen molar-refractivity contribution >= 4 is 11.6 Å². The number of piperidine rings is 1. The summed E-state index contributed by atoms with van der Waals surface area (Å²) in [6.45, 7) is 9.92. The van der Waals surface area contributed by atoms with Gasteiger partial charge in [0.2, 0.25) is 0 Å². The maximum Gasteiger partial charge on any atom is 0.198 e. The van der Waals surface area contributed by atoms with E-state index in [1.807, 2.05) is 12.1 Å². The standard InChI is InChI=1S/C24H42N4O/c1-4-21-11-5-7-17-27(21)24(26)28(18-9-16-25)22-12-14-23(15-13-22)29-19-8-6-10-20(2)3/h12-15,20-21,26H,4-11,16-19,25H2,1-3H3. The summed E-state index contributed by atoms with van der Waals surface area (Å²) >= 11 is 0. The van der Waals surface area contributed by atoms with E-state index in [1.165, 1.54) is 32.1 Å². The van der Waals surface area contributed by atoms with E-state index in [2.05, 4.69) is 42.7 Å². The number of hydrogen-bond donors (Lipinski definition) is 2. The van der Waals surface area contributed by atoms with Crippen molar-refractivity contribution in [2.45, 2.75) is 78.2 Å². The van der Waals surface area contributed by atoms with Crippen LogP contribution in [0.4, 0.5) is 5.69 Å². The van der Waals surface area contributed by atoms with Gasteiger partial charge in [-0.2, -0.15) is 0 Å². The van der Waals surface area contributed by atoms with E-state index in [0.717, 1.165) is 56.3 Å². The molecule has 5 nitrogen and oxygen atoms in total. The van der Waals surface area contributed by atoms with Crippen LogP contribution in [0, 0.1) is 11.3 Å². The minimum atomic E-state index is 0.477. The number of likely N-dealkylation sites (tertiary alicyclic amines) is 1. The van der Waals surface area contributed by atoms with Crippen molar-refractivity contribution in [2.75, 3.05) is 31.1 Å². The summed E-state index contributed by atoms with van der Waals surface area (Å²) in [6.07, 6.45) is 9.18. The zero-order valence-corrected chi connectivity index (χ0v) is 18.8. The van der Waals surface area contributed by atoms with Gasteiger partial charge in [0.25, 0.3) is 0 Å². The second-order valence-electron chi connectivity index (χ2n) is 8.60. The molecular formula is C24H42N4O. The molecular weight excluding hydrogens is 360 g/mol. The van der Waals surface area contributed by atoms with Gasteiger partial charge < -0.3 is 20.3 Å². The van der Waals surface area contributed by atoms with Crippen molar-refractivity contribution in [2.24, 2.45) is 11.7 Å². The summed E-state index contributed by atoms with van der Waals surface area (Å²) in [5, 5.41) is 8.92. The van der Waals surface area contributed by atoms with E-state index >= 15 is 0 Å². The molecule has 0 bridgehead atoms. The van der Waals surface area contributed by atoms with Gasteiger partial charge in [0.1, 0.15) is 5.75 Å². The summed E-state index contributed by atoms with van der Waals surface area (Å²) in [7, 11) is 0. The van der Waals surface area contributed by atoms with Crippen LogP contribution in [0.2, 0.25) is 0 Å². The van der Waals surface area contributed by atoms with E-state index in [0.29, 0.717) is 18.5 Å². The lowest BCUT2D eigenvalue weighted by molar-refractivity contribution is 0.230. The smallest absolute Gasteiger partial charge is 0.198 e. The van der Waals surface area contributed by atoms with Crippen LogP contribution in [0.25, 0.3) is 0 Å². The summed E-state index contributed by atoms with van der Waals surface area (Å²) in [5.74, 6) is 2.29. The molecule has 0 spiro atoms. The number of nitrogens with one attached hydrogen (secondary N) is 1. The van der Waals surface area contributed by atoms with Gasteiger partial charge in [0.15, 0.2) is 5.96 Å². The first-order chi connectivity index (χ1) is 14.1. The first-order valence-corrected chi connectivity index (χ1v) is 11.6. The van der Waals surface area contributed by atoms with E-state index < -0.39 is 0 Å². The van der Waals surface area contributed by atoms with Gasteiger partial charge in [-0.3, -0.25) is 5.41 Å². The summed E-state index contributed by atoms with van der Waals surface area (Å²) < 4.78 is 5.91. The maximum atomic E-state index is 8.92. The molecule has 0 aliphatic carbocycles. The molecule has 2 rings (SSSR count). The lowest BCUT2D eigenvalue weighted by Crippen LogP contribution is -2.51. The highest BCUT2D eigenvalue weighted by atomic mass is 16.5. The molecule has 0 saturated carbocycles. The highest BCUT2D eigenvalue weighted by Gasteiger charge is 2.26. The predicted molar refractivity (Wildman–Crippen MR) is 124 cm³/mol. The van der Waals surface area contributed by atoms with Crippen LogP contribution in [-0.4, -0.2) is 43.1 Å². The molecule has 1 aliphatic heterocycles. The fourth-order valence-corrected chi connectivity index (χ4v) is 4.03. The Morgan fingerprint density at radius 2 is 1.97 bits per heavy atom. The van der Waals surface area contributed by atoms with Gasteiger partial charge in [0, 0.05) is 24.8 Å². The van der Waals surface area contributed by atoms with E-state index in [1.54, 1.807) is 0 Å². The van der Waals surface area contributed by atoms with Crippen molar-refractivity contribution in [3.05, 3.63) is 24.3 Å². The molecule has 1 aliphatic rings. The SMILES string of the molecule is CCC1CCCCN1C(=N)N(CCCN)c1ccc(OCCCCC(C)C)cc1.